The quantitative estimate of drug-likeness (QED) is 0.376. The van der Waals surface area contributed by atoms with Crippen molar-refractivity contribution in [3.05, 3.63) is 53.4 Å². The van der Waals surface area contributed by atoms with Crippen LogP contribution in [0.5, 0.6) is 0 Å². The normalized spacial score (nSPS) is 16.7. The third kappa shape index (κ3) is 4.49. The number of carbonyl (C=O) groups is 2. The van der Waals surface area contributed by atoms with Crippen LogP contribution in [0.4, 0.5) is 5.69 Å². The van der Waals surface area contributed by atoms with Crippen LogP contribution in [-0.4, -0.2) is 67.3 Å². The highest BCUT2D eigenvalue weighted by Crippen LogP contribution is 2.47. The maximum atomic E-state index is 13.2. The summed E-state index contributed by atoms with van der Waals surface area (Å²) in [7, 11) is 1.90. The molecule has 1 aliphatic carbocycles. The Morgan fingerprint density at radius 1 is 1.11 bits per heavy atom. The van der Waals surface area contributed by atoms with E-state index in [2.05, 4.69) is 30.7 Å². The van der Waals surface area contributed by atoms with Crippen molar-refractivity contribution in [2.45, 2.75) is 39.5 Å². The number of fused-ring (bicyclic) bond motifs is 1. The number of hydrogen-bond donors (Lipinski definition) is 2. The first-order valence-corrected chi connectivity index (χ1v) is 13.9. The van der Waals surface area contributed by atoms with E-state index >= 15 is 0 Å². The molecule has 2 amide bonds. The van der Waals surface area contributed by atoms with E-state index in [0.717, 1.165) is 40.6 Å². The van der Waals surface area contributed by atoms with Crippen LogP contribution >= 0.6 is 11.3 Å². The molecule has 0 aromatic carbocycles. The zero-order chi connectivity index (χ0) is 26.4. The van der Waals surface area contributed by atoms with Crippen LogP contribution in [0.1, 0.15) is 57.8 Å². The summed E-state index contributed by atoms with van der Waals surface area (Å²) < 4.78 is 3.53. The van der Waals surface area contributed by atoms with Crippen molar-refractivity contribution in [3.8, 4) is 10.4 Å². The zero-order valence-corrected chi connectivity index (χ0v) is 22.8. The molecule has 0 radical (unpaired) electrons. The highest BCUT2D eigenvalue weighted by atomic mass is 32.1. The molecule has 11 heteroatoms. The predicted octanol–water partition coefficient (Wildman–Crippen LogP) is 3.67. The molecular weight excluding hydrogens is 500 g/mol. The summed E-state index contributed by atoms with van der Waals surface area (Å²) in [5.74, 6) is -0.481. The van der Waals surface area contributed by atoms with Gasteiger partial charge in [0.05, 0.1) is 39.8 Å². The molecule has 1 saturated heterocycles. The Morgan fingerprint density at radius 3 is 2.66 bits per heavy atom. The van der Waals surface area contributed by atoms with E-state index in [1.54, 1.807) is 23.0 Å². The molecule has 4 aromatic heterocycles. The van der Waals surface area contributed by atoms with Crippen molar-refractivity contribution in [3.63, 3.8) is 0 Å². The highest BCUT2D eigenvalue weighted by molar-refractivity contribution is 7.21. The van der Waals surface area contributed by atoms with Crippen molar-refractivity contribution < 1.29 is 9.59 Å². The number of thiazole rings is 1. The van der Waals surface area contributed by atoms with Gasteiger partial charge in [-0.25, -0.2) is 4.52 Å². The van der Waals surface area contributed by atoms with Gasteiger partial charge in [0.1, 0.15) is 4.83 Å². The van der Waals surface area contributed by atoms with Crippen molar-refractivity contribution in [2.75, 3.05) is 31.5 Å². The topological polar surface area (TPSA) is 109 Å². The summed E-state index contributed by atoms with van der Waals surface area (Å²) in [6.45, 7) is 7.54. The first-order chi connectivity index (χ1) is 18.3. The summed E-state index contributed by atoms with van der Waals surface area (Å²) >= 11 is 1.49. The molecule has 1 aliphatic heterocycles. The van der Waals surface area contributed by atoms with Crippen LogP contribution in [0.3, 0.4) is 0 Å². The number of anilines is 1. The number of carbonyl (C=O) groups excluding carboxylic acids is 2. The minimum absolute atomic E-state index is 0.187. The van der Waals surface area contributed by atoms with Crippen molar-refractivity contribution >= 4 is 33.7 Å². The lowest BCUT2D eigenvalue weighted by Crippen LogP contribution is -2.37. The van der Waals surface area contributed by atoms with E-state index in [1.807, 2.05) is 38.0 Å². The molecule has 0 bridgehead atoms. The summed E-state index contributed by atoms with van der Waals surface area (Å²) in [5.41, 5.74) is 4.65. The van der Waals surface area contributed by atoms with Crippen LogP contribution in [0.15, 0.2) is 30.9 Å². The molecule has 4 aromatic rings. The second-order valence-electron chi connectivity index (χ2n) is 10.6. The van der Waals surface area contributed by atoms with Crippen molar-refractivity contribution in [1.82, 2.24) is 34.6 Å². The number of amides is 2. The first-order valence-electron chi connectivity index (χ1n) is 13.1. The van der Waals surface area contributed by atoms with Crippen molar-refractivity contribution in [1.29, 1.82) is 0 Å². The summed E-state index contributed by atoms with van der Waals surface area (Å²) in [6.07, 6.45) is 12.2. The van der Waals surface area contributed by atoms with Gasteiger partial charge in [-0.2, -0.15) is 10.2 Å². The van der Waals surface area contributed by atoms with Crippen LogP contribution < -0.4 is 10.6 Å². The second kappa shape index (κ2) is 9.63. The SMILES string of the molecule is Cc1ncc(C(=O)NCCN2CCC3(CCC3)C2)cc1NC(=O)c1cnn2cc(-c3cnn(C)c3C)sc12. The van der Waals surface area contributed by atoms with Crippen LogP contribution in [-0.2, 0) is 7.05 Å². The number of nitrogens with one attached hydrogen (secondary N) is 2. The standard InChI is InChI=1S/C27H32N8O2S/c1-17-22(11-19(12-29-17)24(36)28-8-10-34-9-7-27(16-34)5-4-6-27)32-25(37)21-14-31-35-15-23(38-26(21)35)20-13-30-33(3)18(20)2/h11-15H,4-10,16H2,1-3H3,(H,28,36)(H,32,37). The summed E-state index contributed by atoms with van der Waals surface area (Å²) in [4.78, 5) is 34.6. The molecule has 198 valence electrons. The lowest BCUT2D eigenvalue weighted by Gasteiger charge is -2.38. The maximum Gasteiger partial charge on any atom is 0.260 e. The summed E-state index contributed by atoms with van der Waals surface area (Å²) in [5, 5.41) is 14.6. The van der Waals surface area contributed by atoms with E-state index in [1.165, 1.54) is 37.0 Å². The van der Waals surface area contributed by atoms with E-state index < -0.39 is 0 Å². The molecule has 10 nitrogen and oxygen atoms in total. The van der Waals surface area contributed by atoms with Gasteiger partial charge >= 0.3 is 0 Å². The Balaban J connectivity index is 1.11. The van der Waals surface area contributed by atoms with Gasteiger partial charge in [-0.1, -0.05) is 6.42 Å². The largest absolute Gasteiger partial charge is 0.351 e. The Morgan fingerprint density at radius 2 is 1.95 bits per heavy atom. The van der Waals surface area contributed by atoms with E-state index in [4.69, 9.17) is 0 Å². The van der Waals surface area contributed by atoms with Crippen molar-refractivity contribution in [2.24, 2.45) is 12.5 Å². The van der Waals surface area contributed by atoms with Gasteiger partial charge in [-0.05, 0) is 51.1 Å². The average molecular weight is 533 g/mol. The van der Waals surface area contributed by atoms with Gasteiger partial charge < -0.3 is 15.5 Å². The molecule has 5 heterocycles. The highest BCUT2D eigenvalue weighted by Gasteiger charge is 2.42. The van der Waals surface area contributed by atoms with Gasteiger partial charge in [0.25, 0.3) is 11.8 Å². The fourth-order valence-corrected chi connectivity index (χ4v) is 6.63. The molecule has 0 unspecified atom stereocenters. The number of aryl methyl sites for hydroxylation is 2. The molecule has 2 aliphatic rings. The number of aromatic nitrogens is 5. The number of pyridine rings is 1. The van der Waals surface area contributed by atoms with Gasteiger partial charge in [0.15, 0.2) is 0 Å². The molecule has 1 saturated carbocycles. The minimum atomic E-state index is -0.294. The Bertz CT molecular complexity index is 1530. The molecule has 38 heavy (non-hydrogen) atoms. The van der Waals surface area contributed by atoms with Gasteiger partial charge in [-0.3, -0.25) is 19.3 Å². The monoisotopic (exact) mass is 532 g/mol. The number of likely N-dealkylation sites (tertiary alicyclic amines) is 1. The maximum absolute atomic E-state index is 13.2. The molecule has 0 atom stereocenters. The Labute approximate surface area is 225 Å². The average Bonchev–Trinajstić information content (AvgIpc) is 3.64. The molecule has 1 spiro atoms. The third-order valence-corrected chi connectivity index (χ3v) is 9.33. The molecule has 6 rings (SSSR count). The lowest BCUT2D eigenvalue weighted by molar-refractivity contribution is 0.0945. The smallest absolute Gasteiger partial charge is 0.260 e. The van der Waals surface area contributed by atoms with E-state index in [-0.39, 0.29) is 11.8 Å². The lowest BCUT2D eigenvalue weighted by atomic mass is 9.68. The zero-order valence-electron chi connectivity index (χ0n) is 22.0. The fourth-order valence-electron chi connectivity index (χ4n) is 5.51. The summed E-state index contributed by atoms with van der Waals surface area (Å²) in [6, 6.07) is 1.69. The van der Waals surface area contributed by atoms with Gasteiger partial charge in [-0.15, -0.1) is 11.3 Å². The number of rotatable bonds is 7. The van der Waals surface area contributed by atoms with Gasteiger partial charge in [0.2, 0.25) is 0 Å². The molecule has 2 N–H and O–H groups in total. The van der Waals surface area contributed by atoms with Crippen LogP contribution in [0.2, 0.25) is 0 Å². The first kappa shape index (κ1) is 24.7. The van der Waals surface area contributed by atoms with E-state index in [0.29, 0.717) is 34.5 Å². The van der Waals surface area contributed by atoms with Crippen LogP contribution in [0, 0.1) is 19.3 Å². The van der Waals surface area contributed by atoms with Crippen LogP contribution in [0.25, 0.3) is 15.3 Å². The molecular formula is C27H32N8O2S. The Kier molecular flexibility index (Phi) is 6.27. The minimum Gasteiger partial charge on any atom is -0.351 e. The molecule has 2 fully saturated rings. The third-order valence-electron chi connectivity index (χ3n) is 8.18. The number of nitrogens with zero attached hydrogens (tertiary/aromatic N) is 6. The van der Waals surface area contributed by atoms with E-state index in [9.17, 15) is 9.59 Å². The predicted molar refractivity (Wildman–Crippen MR) is 147 cm³/mol. The fraction of sp³-hybridized carbons (Fsp3) is 0.444. The Hall–Kier alpha value is -3.57. The number of hydrogen-bond acceptors (Lipinski definition) is 7. The second-order valence-corrected chi connectivity index (χ2v) is 11.6. The van der Waals surface area contributed by atoms with Gasteiger partial charge in [0, 0.05) is 50.3 Å².